The molecule has 1 heterocycles. The van der Waals surface area contributed by atoms with Crippen molar-refractivity contribution in [3.63, 3.8) is 0 Å². The second-order valence-corrected chi connectivity index (χ2v) is 3.77. The summed E-state index contributed by atoms with van der Waals surface area (Å²) >= 11 is 0. The highest BCUT2D eigenvalue weighted by Gasteiger charge is 2.03. The molecule has 0 bridgehead atoms. The fourth-order valence-electron chi connectivity index (χ4n) is 1.59. The van der Waals surface area contributed by atoms with Crippen LogP contribution in [0.1, 0.15) is 38.1 Å². The molecule has 0 aliphatic carbocycles. The van der Waals surface area contributed by atoms with Crippen LogP contribution in [0.4, 0.5) is 0 Å². The molecule has 0 radical (unpaired) electrons. The molecule has 1 N–H and O–H groups in total. The summed E-state index contributed by atoms with van der Waals surface area (Å²) in [5, 5.41) is 0. The van der Waals surface area contributed by atoms with E-state index in [0.717, 1.165) is 0 Å². The molecule has 0 aliphatic heterocycles. The summed E-state index contributed by atoms with van der Waals surface area (Å²) in [4.78, 5) is 0. The molecular formula is C11H20N2. The first kappa shape index (κ1) is 10.2. The average molecular weight is 180 g/mol. The molecule has 0 spiro atoms. The van der Waals surface area contributed by atoms with Gasteiger partial charge in [0.1, 0.15) is 0 Å². The van der Waals surface area contributed by atoms with E-state index in [9.17, 15) is 0 Å². The van der Waals surface area contributed by atoms with Gasteiger partial charge in [0.25, 0.3) is 0 Å². The first-order valence-corrected chi connectivity index (χ1v) is 5.06. The lowest BCUT2D eigenvalue weighted by Crippen LogP contribution is -2.26. The van der Waals surface area contributed by atoms with Crippen LogP contribution in [-0.4, -0.2) is 10.7 Å². The van der Waals surface area contributed by atoms with Crippen LogP contribution in [0.5, 0.6) is 0 Å². The zero-order valence-electron chi connectivity index (χ0n) is 9.09. The van der Waals surface area contributed by atoms with Crippen LogP contribution in [0.25, 0.3) is 0 Å². The minimum Gasteiger partial charge on any atom is -0.323 e. The molecule has 0 aromatic carbocycles. The first-order valence-electron chi connectivity index (χ1n) is 5.06. The molecule has 0 saturated heterocycles. The van der Waals surface area contributed by atoms with Gasteiger partial charge in [-0.05, 0) is 39.3 Å². The molecule has 0 amide bonds. The van der Waals surface area contributed by atoms with Crippen LogP contribution in [-0.2, 0) is 0 Å². The van der Waals surface area contributed by atoms with E-state index >= 15 is 0 Å². The number of nitrogens with one attached hydrogen (secondary N) is 1. The maximum atomic E-state index is 3.48. The predicted octanol–water partition coefficient (Wildman–Crippen LogP) is 2.84. The zero-order chi connectivity index (χ0) is 9.84. The van der Waals surface area contributed by atoms with Gasteiger partial charge in [-0.15, -0.1) is 0 Å². The highest BCUT2D eigenvalue weighted by Crippen LogP contribution is 2.06. The topological polar surface area (TPSA) is 17.0 Å². The molecular weight excluding hydrogens is 160 g/mol. The lowest BCUT2D eigenvalue weighted by atomic mass is 10.2. The Morgan fingerprint density at radius 3 is 2.31 bits per heavy atom. The van der Waals surface area contributed by atoms with E-state index in [1.54, 1.807) is 0 Å². The Morgan fingerprint density at radius 2 is 1.85 bits per heavy atom. The number of hydrogen-bond donors (Lipinski definition) is 1. The third kappa shape index (κ3) is 2.51. The van der Waals surface area contributed by atoms with Crippen LogP contribution in [0.2, 0.25) is 0 Å². The van der Waals surface area contributed by atoms with E-state index in [2.05, 4.69) is 49.9 Å². The van der Waals surface area contributed by atoms with Gasteiger partial charge in [0.15, 0.2) is 0 Å². The molecule has 1 unspecified atom stereocenters. The third-order valence-electron chi connectivity index (χ3n) is 2.34. The lowest BCUT2D eigenvalue weighted by molar-refractivity contribution is 0.611. The van der Waals surface area contributed by atoms with E-state index < -0.39 is 0 Å². The summed E-state index contributed by atoms with van der Waals surface area (Å²) in [6.07, 6.45) is 2.45. The monoisotopic (exact) mass is 180 g/mol. The van der Waals surface area contributed by atoms with Crippen molar-refractivity contribution < 1.29 is 0 Å². The van der Waals surface area contributed by atoms with Crippen molar-refractivity contribution in [3.05, 3.63) is 23.5 Å². The normalized spacial score (nSPS) is 12.9. The molecule has 0 fully saturated rings. The summed E-state index contributed by atoms with van der Waals surface area (Å²) in [7, 11) is 0. The van der Waals surface area contributed by atoms with Gasteiger partial charge in [-0.2, -0.15) is 0 Å². The number of aromatic nitrogens is 1. The Morgan fingerprint density at radius 1 is 1.31 bits per heavy atom. The molecule has 0 aliphatic rings. The van der Waals surface area contributed by atoms with Crippen LogP contribution in [0.15, 0.2) is 12.1 Å². The van der Waals surface area contributed by atoms with E-state index in [0.29, 0.717) is 6.04 Å². The minimum absolute atomic E-state index is 0.551. The van der Waals surface area contributed by atoms with Gasteiger partial charge < -0.3 is 5.43 Å². The smallest absolute Gasteiger partial charge is 0.0396 e. The molecule has 74 valence electrons. The number of nitrogens with zero attached hydrogens (tertiary/aromatic N) is 1. The third-order valence-corrected chi connectivity index (χ3v) is 2.34. The van der Waals surface area contributed by atoms with Crippen LogP contribution < -0.4 is 5.43 Å². The summed E-state index contributed by atoms with van der Waals surface area (Å²) in [6, 6.07) is 4.83. The zero-order valence-corrected chi connectivity index (χ0v) is 9.09. The van der Waals surface area contributed by atoms with E-state index in [1.165, 1.54) is 24.2 Å². The summed E-state index contributed by atoms with van der Waals surface area (Å²) in [6.45, 7) is 8.69. The molecule has 1 aromatic rings. The highest BCUT2D eigenvalue weighted by atomic mass is 15.4. The van der Waals surface area contributed by atoms with Gasteiger partial charge in [-0.3, -0.25) is 4.68 Å². The number of hydrogen-bond acceptors (Lipinski definition) is 1. The summed E-state index contributed by atoms with van der Waals surface area (Å²) in [5.41, 5.74) is 6.03. The molecule has 0 saturated carbocycles. The van der Waals surface area contributed by atoms with Crippen molar-refractivity contribution in [3.8, 4) is 0 Å². The van der Waals surface area contributed by atoms with Crippen molar-refractivity contribution >= 4 is 0 Å². The largest absolute Gasteiger partial charge is 0.323 e. The van der Waals surface area contributed by atoms with E-state index in [1.807, 2.05) is 0 Å². The molecule has 1 rings (SSSR count). The molecule has 2 heteroatoms. The van der Waals surface area contributed by atoms with Crippen molar-refractivity contribution in [1.82, 2.24) is 4.68 Å². The van der Waals surface area contributed by atoms with Crippen molar-refractivity contribution in [2.24, 2.45) is 0 Å². The molecule has 1 aromatic heterocycles. The van der Waals surface area contributed by atoms with Crippen molar-refractivity contribution in [1.29, 1.82) is 0 Å². The summed E-state index contributed by atoms with van der Waals surface area (Å²) < 4.78 is 2.17. The van der Waals surface area contributed by atoms with Crippen molar-refractivity contribution in [2.75, 3.05) is 5.43 Å². The Hall–Kier alpha value is -0.920. The second-order valence-electron chi connectivity index (χ2n) is 3.77. The Labute approximate surface area is 80.9 Å². The number of rotatable bonds is 4. The summed E-state index contributed by atoms with van der Waals surface area (Å²) in [5.74, 6) is 0. The Balaban J connectivity index is 2.62. The first-order chi connectivity index (χ1) is 6.15. The fraction of sp³-hybridized carbons (Fsp3) is 0.636. The standard InChI is InChI=1S/C11H20N2/c1-5-6-9(2)12-13-10(3)7-8-11(13)4/h7-9,12H,5-6H2,1-4H3. The van der Waals surface area contributed by atoms with Gasteiger partial charge in [-0.25, -0.2) is 0 Å². The van der Waals surface area contributed by atoms with Gasteiger partial charge >= 0.3 is 0 Å². The highest BCUT2D eigenvalue weighted by molar-refractivity contribution is 5.15. The number of aryl methyl sites for hydroxylation is 2. The predicted molar refractivity (Wildman–Crippen MR) is 57.6 cm³/mol. The van der Waals surface area contributed by atoms with Gasteiger partial charge in [0.05, 0.1) is 0 Å². The maximum absolute atomic E-state index is 3.48. The van der Waals surface area contributed by atoms with E-state index in [4.69, 9.17) is 0 Å². The van der Waals surface area contributed by atoms with Crippen molar-refractivity contribution in [2.45, 2.75) is 46.6 Å². The van der Waals surface area contributed by atoms with Crippen LogP contribution >= 0.6 is 0 Å². The van der Waals surface area contributed by atoms with Gasteiger partial charge in [0, 0.05) is 17.4 Å². The Bertz CT molecular complexity index is 244. The second kappa shape index (κ2) is 4.35. The lowest BCUT2D eigenvalue weighted by Gasteiger charge is -2.18. The fourth-order valence-corrected chi connectivity index (χ4v) is 1.59. The Kier molecular flexibility index (Phi) is 3.40. The van der Waals surface area contributed by atoms with E-state index in [-0.39, 0.29) is 0 Å². The minimum atomic E-state index is 0.551. The molecule has 2 nitrogen and oxygen atoms in total. The molecule has 13 heavy (non-hydrogen) atoms. The van der Waals surface area contributed by atoms with Crippen LogP contribution in [0.3, 0.4) is 0 Å². The average Bonchev–Trinajstić information content (AvgIpc) is 2.36. The van der Waals surface area contributed by atoms with Gasteiger partial charge in [-0.1, -0.05) is 13.3 Å². The van der Waals surface area contributed by atoms with Crippen LogP contribution in [0, 0.1) is 13.8 Å². The maximum Gasteiger partial charge on any atom is 0.0396 e. The SMILES string of the molecule is CCCC(C)Nn1c(C)ccc1C. The quantitative estimate of drug-likeness (QED) is 0.754. The molecule has 1 atom stereocenters. The van der Waals surface area contributed by atoms with Gasteiger partial charge in [0.2, 0.25) is 0 Å².